The fourth-order valence-corrected chi connectivity index (χ4v) is 3.25. The molecule has 1 saturated heterocycles. The molecule has 1 aliphatic heterocycles. The van der Waals surface area contributed by atoms with Gasteiger partial charge in [0.2, 0.25) is 0 Å². The molecule has 0 spiro atoms. The van der Waals surface area contributed by atoms with E-state index in [-0.39, 0.29) is 0 Å². The van der Waals surface area contributed by atoms with Crippen molar-refractivity contribution in [3.8, 4) is 0 Å². The maximum atomic E-state index is 4.57. The summed E-state index contributed by atoms with van der Waals surface area (Å²) in [5.41, 5.74) is 2.67. The van der Waals surface area contributed by atoms with Gasteiger partial charge >= 0.3 is 0 Å². The lowest BCUT2D eigenvalue weighted by molar-refractivity contribution is 0.201. The van der Waals surface area contributed by atoms with Crippen molar-refractivity contribution in [2.75, 3.05) is 26.2 Å². The van der Waals surface area contributed by atoms with E-state index in [0.717, 1.165) is 18.9 Å². The van der Waals surface area contributed by atoms with Gasteiger partial charge < -0.3 is 5.32 Å². The molecule has 114 valence electrons. The number of aryl methyl sites for hydroxylation is 2. The molecule has 4 heteroatoms. The lowest BCUT2D eigenvalue weighted by atomic mass is 9.98. The second kappa shape index (κ2) is 7.79. The molecule has 0 aromatic carbocycles. The number of aromatic nitrogens is 2. The quantitative estimate of drug-likeness (QED) is 0.830. The molecule has 0 saturated carbocycles. The highest BCUT2D eigenvalue weighted by Gasteiger charge is 2.18. The first kappa shape index (κ1) is 15.5. The first-order valence-electron chi connectivity index (χ1n) is 8.17. The van der Waals surface area contributed by atoms with Gasteiger partial charge in [-0.05, 0) is 51.2 Å². The van der Waals surface area contributed by atoms with Crippen LogP contribution in [0.3, 0.4) is 0 Å². The van der Waals surface area contributed by atoms with Gasteiger partial charge in [-0.25, -0.2) is 0 Å². The van der Waals surface area contributed by atoms with Crippen molar-refractivity contribution in [3.63, 3.8) is 0 Å². The Labute approximate surface area is 123 Å². The monoisotopic (exact) mass is 278 g/mol. The first-order valence-corrected chi connectivity index (χ1v) is 8.17. The van der Waals surface area contributed by atoms with Gasteiger partial charge in [-0.15, -0.1) is 0 Å². The zero-order chi connectivity index (χ0) is 14.4. The van der Waals surface area contributed by atoms with Gasteiger partial charge in [-0.3, -0.25) is 9.58 Å². The van der Waals surface area contributed by atoms with Crippen LogP contribution in [-0.4, -0.2) is 40.9 Å². The Bertz CT molecular complexity index is 393. The number of hydrogen-bond acceptors (Lipinski definition) is 3. The van der Waals surface area contributed by atoms with Gasteiger partial charge in [0.15, 0.2) is 0 Å². The summed E-state index contributed by atoms with van der Waals surface area (Å²) in [7, 11) is 2.03. The number of rotatable bonds is 7. The minimum absolute atomic E-state index is 0.817. The lowest BCUT2D eigenvalue weighted by Crippen LogP contribution is -2.38. The van der Waals surface area contributed by atoms with Crippen molar-refractivity contribution in [1.82, 2.24) is 20.0 Å². The normalized spacial score (nSPS) is 19.7. The maximum Gasteiger partial charge on any atom is 0.0666 e. The second-order valence-electron chi connectivity index (χ2n) is 6.08. The van der Waals surface area contributed by atoms with Gasteiger partial charge in [0.05, 0.1) is 5.69 Å². The first-order chi connectivity index (χ1) is 9.72. The largest absolute Gasteiger partial charge is 0.316 e. The van der Waals surface area contributed by atoms with Crippen molar-refractivity contribution in [2.24, 2.45) is 13.0 Å². The summed E-state index contributed by atoms with van der Waals surface area (Å²) in [6.07, 6.45) is 7.15. The van der Waals surface area contributed by atoms with Crippen LogP contribution in [0.5, 0.6) is 0 Å². The molecule has 0 aliphatic carbocycles. The third-order valence-corrected chi connectivity index (χ3v) is 4.18. The summed E-state index contributed by atoms with van der Waals surface area (Å²) in [5, 5.41) is 8.10. The number of piperidine rings is 1. The van der Waals surface area contributed by atoms with E-state index in [9.17, 15) is 0 Å². The highest BCUT2D eigenvalue weighted by molar-refractivity contribution is 5.16. The predicted molar refractivity (Wildman–Crippen MR) is 83.7 cm³/mol. The Morgan fingerprint density at radius 2 is 2.30 bits per heavy atom. The summed E-state index contributed by atoms with van der Waals surface area (Å²) >= 11 is 0. The number of nitrogens with one attached hydrogen (secondary N) is 1. The molecule has 1 fully saturated rings. The van der Waals surface area contributed by atoms with E-state index in [4.69, 9.17) is 0 Å². The van der Waals surface area contributed by atoms with Gasteiger partial charge in [0, 0.05) is 31.9 Å². The molecule has 2 rings (SSSR count). The third kappa shape index (κ3) is 4.32. The van der Waals surface area contributed by atoms with Crippen LogP contribution >= 0.6 is 0 Å². The second-order valence-corrected chi connectivity index (χ2v) is 6.08. The SMILES string of the molecule is CCCN(Cc1cn(C)nc1CC)CC1CCCNC1. The smallest absolute Gasteiger partial charge is 0.0666 e. The zero-order valence-corrected chi connectivity index (χ0v) is 13.4. The highest BCUT2D eigenvalue weighted by atomic mass is 15.3. The van der Waals surface area contributed by atoms with Crippen LogP contribution in [0.4, 0.5) is 0 Å². The summed E-state index contributed by atoms with van der Waals surface area (Å²) in [6, 6.07) is 0. The standard InChI is InChI=1S/C16H30N4/c1-4-9-20(11-14-7-6-8-17-10-14)13-15-12-19(3)18-16(15)5-2/h12,14,17H,4-11,13H2,1-3H3. The Hall–Kier alpha value is -0.870. The molecule has 2 heterocycles. The average molecular weight is 278 g/mol. The van der Waals surface area contributed by atoms with Crippen molar-refractivity contribution < 1.29 is 0 Å². The molecule has 0 bridgehead atoms. The van der Waals surface area contributed by atoms with E-state index in [1.165, 1.54) is 56.7 Å². The molecule has 4 nitrogen and oxygen atoms in total. The number of nitrogens with zero attached hydrogens (tertiary/aromatic N) is 3. The molecule has 20 heavy (non-hydrogen) atoms. The molecule has 0 radical (unpaired) electrons. The van der Waals surface area contributed by atoms with E-state index in [1.807, 2.05) is 11.7 Å². The molecule has 1 atom stereocenters. The fourth-order valence-electron chi connectivity index (χ4n) is 3.25. The van der Waals surface area contributed by atoms with Crippen LogP contribution < -0.4 is 5.32 Å². The summed E-state index contributed by atoms with van der Waals surface area (Å²) in [5.74, 6) is 0.817. The Morgan fingerprint density at radius 1 is 1.45 bits per heavy atom. The molecule has 1 N–H and O–H groups in total. The minimum Gasteiger partial charge on any atom is -0.316 e. The van der Waals surface area contributed by atoms with Crippen LogP contribution in [0.1, 0.15) is 44.4 Å². The van der Waals surface area contributed by atoms with Crippen LogP contribution in [0.25, 0.3) is 0 Å². The van der Waals surface area contributed by atoms with E-state index in [1.54, 1.807) is 0 Å². The van der Waals surface area contributed by atoms with E-state index < -0.39 is 0 Å². The lowest BCUT2D eigenvalue weighted by Gasteiger charge is -2.30. The van der Waals surface area contributed by atoms with E-state index in [0.29, 0.717) is 0 Å². The molecule has 1 aromatic rings. The van der Waals surface area contributed by atoms with Crippen LogP contribution in [0.15, 0.2) is 6.20 Å². The van der Waals surface area contributed by atoms with Crippen LogP contribution in [-0.2, 0) is 20.0 Å². The third-order valence-electron chi connectivity index (χ3n) is 4.18. The summed E-state index contributed by atoms with van der Waals surface area (Å²) in [4.78, 5) is 2.62. The summed E-state index contributed by atoms with van der Waals surface area (Å²) < 4.78 is 1.96. The molecule has 0 amide bonds. The van der Waals surface area contributed by atoms with Crippen LogP contribution in [0, 0.1) is 5.92 Å². The molecular weight excluding hydrogens is 248 g/mol. The molecular formula is C16H30N4. The molecule has 1 aromatic heterocycles. The van der Waals surface area contributed by atoms with Gasteiger partial charge in [-0.1, -0.05) is 13.8 Å². The highest BCUT2D eigenvalue weighted by Crippen LogP contribution is 2.16. The minimum atomic E-state index is 0.817. The van der Waals surface area contributed by atoms with Crippen molar-refractivity contribution in [3.05, 3.63) is 17.5 Å². The Morgan fingerprint density at radius 3 is 2.95 bits per heavy atom. The van der Waals surface area contributed by atoms with Gasteiger partial charge in [0.1, 0.15) is 0 Å². The van der Waals surface area contributed by atoms with Crippen molar-refractivity contribution >= 4 is 0 Å². The Kier molecular flexibility index (Phi) is 6.05. The average Bonchev–Trinajstić information content (AvgIpc) is 2.80. The molecule has 1 aliphatic rings. The van der Waals surface area contributed by atoms with Crippen LogP contribution in [0.2, 0.25) is 0 Å². The zero-order valence-electron chi connectivity index (χ0n) is 13.4. The summed E-state index contributed by atoms with van der Waals surface area (Å²) in [6.45, 7) is 10.3. The van der Waals surface area contributed by atoms with Gasteiger partial charge in [-0.2, -0.15) is 5.10 Å². The maximum absolute atomic E-state index is 4.57. The predicted octanol–water partition coefficient (Wildman–Crippen LogP) is 2.19. The van der Waals surface area contributed by atoms with E-state index in [2.05, 4.69) is 35.4 Å². The topological polar surface area (TPSA) is 33.1 Å². The van der Waals surface area contributed by atoms with Gasteiger partial charge in [0.25, 0.3) is 0 Å². The Balaban J connectivity index is 1.96. The van der Waals surface area contributed by atoms with E-state index >= 15 is 0 Å². The van der Waals surface area contributed by atoms with Crippen molar-refractivity contribution in [1.29, 1.82) is 0 Å². The number of hydrogen-bond donors (Lipinski definition) is 1. The van der Waals surface area contributed by atoms with Crippen molar-refractivity contribution in [2.45, 2.75) is 46.1 Å². The fraction of sp³-hybridized carbons (Fsp3) is 0.812. The molecule has 1 unspecified atom stereocenters.